The minimum absolute atomic E-state index is 0.00301. The van der Waals surface area contributed by atoms with E-state index in [-0.39, 0.29) is 10.7 Å². The van der Waals surface area contributed by atoms with Gasteiger partial charge in [0.05, 0.1) is 23.2 Å². The number of benzene rings is 1. The van der Waals surface area contributed by atoms with Crippen molar-refractivity contribution in [3.8, 4) is 0 Å². The number of nitrogens with zero attached hydrogens (tertiary/aromatic N) is 2. The van der Waals surface area contributed by atoms with Gasteiger partial charge in [-0.2, -0.15) is 18.3 Å². The fraction of sp³-hybridized carbons (Fsp3) is 0.231. The molecule has 25 heavy (non-hydrogen) atoms. The molecule has 0 saturated carbocycles. The van der Waals surface area contributed by atoms with Crippen LogP contribution in [0, 0.1) is 5.82 Å². The maximum absolute atomic E-state index is 13.4. The van der Waals surface area contributed by atoms with Crippen LogP contribution in [0.25, 0.3) is 0 Å². The van der Waals surface area contributed by atoms with Crippen molar-refractivity contribution < 1.29 is 32.3 Å². The molecule has 0 radical (unpaired) electrons. The van der Waals surface area contributed by atoms with E-state index in [1.54, 1.807) is 0 Å². The number of carboxylic acids is 1. The zero-order chi connectivity index (χ0) is 18.8. The average Bonchev–Trinajstić information content (AvgIpc) is 2.80. The number of carbonyl (C=O) groups excluding carboxylic acids is 1. The molecule has 1 aromatic rings. The standard InChI is InChI=1S/C13H8ClF4N3O3S/c14-7-2-5(1-6(10(7)15)13(16,17)18)4-19-21-12-20-11(24)8(25-12)3-9(22)23/h1-2,4,8H,3H2,(H,22,23)(H,20,21,24). The van der Waals surface area contributed by atoms with Gasteiger partial charge >= 0.3 is 12.1 Å². The lowest BCUT2D eigenvalue weighted by Gasteiger charge is -2.09. The molecule has 2 N–H and O–H groups in total. The summed E-state index contributed by atoms with van der Waals surface area (Å²) in [4.78, 5) is 22.1. The molecule has 1 unspecified atom stereocenters. The van der Waals surface area contributed by atoms with Gasteiger partial charge in [0.1, 0.15) is 5.25 Å². The molecule has 1 atom stereocenters. The Morgan fingerprint density at radius 2 is 2.12 bits per heavy atom. The summed E-state index contributed by atoms with van der Waals surface area (Å²) in [5.74, 6) is -3.32. The summed E-state index contributed by atoms with van der Waals surface area (Å²) in [5.41, 5.74) is -1.70. The SMILES string of the molecule is O=C(O)CC1SC(=NN=Cc2cc(Cl)c(F)c(C(F)(F)F)c2)NC1=O. The quantitative estimate of drug-likeness (QED) is 0.464. The van der Waals surface area contributed by atoms with Gasteiger partial charge in [0, 0.05) is 0 Å². The van der Waals surface area contributed by atoms with E-state index < -0.39 is 46.1 Å². The van der Waals surface area contributed by atoms with Gasteiger partial charge in [-0.1, -0.05) is 23.4 Å². The first kappa shape index (κ1) is 19.2. The number of alkyl halides is 3. The fourth-order valence-corrected chi connectivity index (χ4v) is 2.93. The Bertz CT molecular complexity index is 783. The van der Waals surface area contributed by atoms with Crippen molar-refractivity contribution in [1.29, 1.82) is 0 Å². The highest BCUT2D eigenvalue weighted by Crippen LogP contribution is 2.34. The van der Waals surface area contributed by atoms with Crippen LogP contribution < -0.4 is 5.32 Å². The first-order valence-electron chi connectivity index (χ1n) is 6.44. The predicted molar refractivity (Wildman–Crippen MR) is 83.2 cm³/mol. The van der Waals surface area contributed by atoms with Crippen molar-refractivity contribution in [2.75, 3.05) is 0 Å². The maximum atomic E-state index is 13.4. The van der Waals surface area contributed by atoms with Gasteiger partial charge in [-0.15, -0.1) is 5.10 Å². The molecule has 1 fully saturated rings. The second kappa shape index (κ2) is 7.40. The monoisotopic (exact) mass is 397 g/mol. The summed E-state index contributed by atoms with van der Waals surface area (Å²) in [6.45, 7) is 0. The van der Waals surface area contributed by atoms with Crippen molar-refractivity contribution in [2.45, 2.75) is 17.8 Å². The minimum atomic E-state index is -4.93. The highest BCUT2D eigenvalue weighted by atomic mass is 35.5. The zero-order valence-electron chi connectivity index (χ0n) is 12.0. The molecule has 1 aromatic carbocycles. The van der Waals surface area contributed by atoms with E-state index in [1.807, 2.05) is 0 Å². The molecule has 1 heterocycles. The van der Waals surface area contributed by atoms with Crippen LogP contribution in [0.5, 0.6) is 0 Å². The molecule has 6 nitrogen and oxygen atoms in total. The second-order valence-electron chi connectivity index (χ2n) is 4.71. The molecule has 0 spiro atoms. The number of thioether (sulfide) groups is 1. The van der Waals surface area contributed by atoms with Crippen LogP contribution in [0.15, 0.2) is 22.3 Å². The molecule has 0 aromatic heterocycles. The van der Waals surface area contributed by atoms with Crippen molar-refractivity contribution in [1.82, 2.24) is 5.32 Å². The van der Waals surface area contributed by atoms with E-state index in [4.69, 9.17) is 16.7 Å². The number of rotatable bonds is 4. The lowest BCUT2D eigenvalue weighted by atomic mass is 10.1. The zero-order valence-corrected chi connectivity index (χ0v) is 13.5. The van der Waals surface area contributed by atoms with Crippen molar-refractivity contribution >= 4 is 46.6 Å². The number of hydrogen-bond acceptors (Lipinski definition) is 5. The fourth-order valence-electron chi connectivity index (χ4n) is 1.78. The van der Waals surface area contributed by atoms with E-state index in [2.05, 4.69) is 15.5 Å². The Balaban J connectivity index is 2.17. The summed E-state index contributed by atoms with van der Waals surface area (Å²) in [5, 5.41) is 16.4. The number of aliphatic carboxylic acids is 1. The molecule has 1 aliphatic rings. The van der Waals surface area contributed by atoms with Crippen LogP contribution in [0.3, 0.4) is 0 Å². The largest absolute Gasteiger partial charge is 0.481 e. The predicted octanol–water partition coefficient (Wildman–Crippen LogP) is 2.89. The molecule has 134 valence electrons. The number of nitrogens with one attached hydrogen (secondary N) is 1. The molecule has 1 aliphatic heterocycles. The number of halogens is 5. The molecular weight excluding hydrogens is 390 g/mol. The van der Waals surface area contributed by atoms with E-state index >= 15 is 0 Å². The third kappa shape index (κ3) is 4.92. The summed E-state index contributed by atoms with van der Waals surface area (Å²) >= 11 is 6.25. The van der Waals surface area contributed by atoms with Crippen molar-refractivity contribution in [2.24, 2.45) is 10.2 Å². The summed E-state index contributed by atoms with van der Waals surface area (Å²) in [6.07, 6.45) is -4.45. The first-order chi connectivity index (χ1) is 11.6. The van der Waals surface area contributed by atoms with Crippen LogP contribution in [-0.2, 0) is 15.8 Å². The Labute approximate surface area is 146 Å². The third-order valence-corrected chi connectivity index (χ3v) is 4.20. The minimum Gasteiger partial charge on any atom is -0.481 e. The van der Waals surface area contributed by atoms with E-state index in [1.165, 1.54) is 0 Å². The van der Waals surface area contributed by atoms with E-state index in [0.29, 0.717) is 6.07 Å². The van der Waals surface area contributed by atoms with Crippen LogP contribution in [0.4, 0.5) is 17.6 Å². The molecular formula is C13H8ClF4N3O3S. The maximum Gasteiger partial charge on any atom is 0.419 e. The van der Waals surface area contributed by atoms with Crippen molar-refractivity contribution in [3.05, 3.63) is 34.1 Å². The van der Waals surface area contributed by atoms with Crippen LogP contribution in [0.2, 0.25) is 5.02 Å². The number of amides is 1. The van der Waals surface area contributed by atoms with Gasteiger partial charge in [-0.05, 0) is 17.7 Å². The third-order valence-electron chi connectivity index (χ3n) is 2.85. The van der Waals surface area contributed by atoms with Gasteiger partial charge in [0.15, 0.2) is 11.0 Å². The van der Waals surface area contributed by atoms with Crippen molar-refractivity contribution in [3.63, 3.8) is 0 Å². The van der Waals surface area contributed by atoms with Crippen LogP contribution >= 0.6 is 23.4 Å². The van der Waals surface area contributed by atoms with E-state index in [9.17, 15) is 27.2 Å². The Hall–Kier alpha value is -2.14. The lowest BCUT2D eigenvalue weighted by Crippen LogP contribution is -2.26. The normalized spacial score (nSPS) is 19.6. The number of carbonyl (C=O) groups is 2. The molecule has 2 rings (SSSR count). The molecule has 1 amide bonds. The number of carboxylic acid groups (broad SMARTS) is 1. The second-order valence-corrected chi connectivity index (χ2v) is 6.30. The average molecular weight is 398 g/mol. The Morgan fingerprint density at radius 1 is 1.44 bits per heavy atom. The highest BCUT2D eigenvalue weighted by molar-refractivity contribution is 8.15. The van der Waals surface area contributed by atoms with Gasteiger partial charge in [-0.3, -0.25) is 9.59 Å². The Morgan fingerprint density at radius 3 is 2.72 bits per heavy atom. The van der Waals surface area contributed by atoms with E-state index in [0.717, 1.165) is 24.0 Å². The van der Waals surface area contributed by atoms with Gasteiger partial charge in [0.25, 0.3) is 0 Å². The first-order valence-corrected chi connectivity index (χ1v) is 7.70. The summed E-state index contributed by atoms with van der Waals surface area (Å²) < 4.78 is 51.5. The molecule has 12 heteroatoms. The number of hydrogen-bond donors (Lipinski definition) is 2. The Kier molecular flexibility index (Phi) is 5.68. The van der Waals surface area contributed by atoms with Gasteiger partial charge in [0.2, 0.25) is 5.91 Å². The van der Waals surface area contributed by atoms with Crippen LogP contribution in [-0.4, -0.2) is 33.6 Å². The molecule has 0 bridgehead atoms. The molecule has 1 saturated heterocycles. The smallest absolute Gasteiger partial charge is 0.419 e. The van der Waals surface area contributed by atoms with Gasteiger partial charge < -0.3 is 10.4 Å². The topological polar surface area (TPSA) is 91.1 Å². The number of amidine groups is 1. The summed E-state index contributed by atoms with van der Waals surface area (Å²) in [7, 11) is 0. The van der Waals surface area contributed by atoms with Gasteiger partial charge in [-0.25, -0.2) is 4.39 Å². The summed E-state index contributed by atoms with van der Waals surface area (Å²) in [6, 6.07) is 1.45. The van der Waals surface area contributed by atoms with Crippen LogP contribution in [0.1, 0.15) is 17.5 Å². The lowest BCUT2D eigenvalue weighted by molar-refractivity contribution is -0.140. The highest BCUT2D eigenvalue weighted by Gasteiger charge is 2.35. The molecule has 0 aliphatic carbocycles.